The number of methoxy groups -OCH3 is 1. The number of aliphatic hydroxyl groups is 1. The molecule has 3 aromatic heterocycles. The van der Waals surface area contributed by atoms with Crippen LogP contribution in [0, 0.1) is 19.3 Å². The van der Waals surface area contributed by atoms with Crippen LogP contribution in [0.1, 0.15) is 99.8 Å². The molecule has 1 saturated heterocycles. The van der Waals surface area contributed by atoms with E-state index < -0.39 is 23.6 Å². The third-order valence-electron chi connectivity index (χ3n) is 12.5. The quantitative estimate of drug-likeness (QED) is 0.0435. The SMILES string of the molecule is CNCc1ccccc1-c1csc([C@@H](C)Nc2nc(C)nc3cc(OC)c(OCCCCCCC(=O)N[C@H](C(=O)N4C[C@H](O)C[C@H]4C(=O)NCc4ccc(-c5scnc5C)cc4)C(C)(C)C)cc23)c1. The number of nitrogens with one attached hydrogen (secondary N) is 4. The van der Waals surface area contributed by atoms with E-state index in [0.717, 1.165) is 64.2 Å². The number of hydrogen-bond donors (Lipinski definition) is 5. The first-order valence-electron chi connectivity index (χ1n) is 23.8. The molecule has 4 atom stereocenters. The molecule has 3 aromatic carbocycles. The predicted octanol–water partition coefficient (Wildman–Crippen LogP) is 9.14. The molecule has 0 saturated carbocycles. The normalized spacial score (nSPS) is 15.8. The summed E-state index contributed by atoms with van der Waals surface area (Å²) in [4.78, 5) is 58.5. The van der Waals surface area contributed by atoms with Crippen molar-refractivity contribution >= 4 is 57.1 Å². The maximum absolute atomic E-state index is 14.1. The number of aliphatic hydroxyl groups excluding tert-OH is 1. The molecular formula is C53H66N8O6S2. The maximum atomic E-state index is 14.1. The molecule has 6 aromatic rings. The number of hydrogen-bond acceptors (Lipinski definition) is 13. The number of benzene rings is 3. The fourth-order valence-corrected chi connectivity index (χ4v) is 10.4. The van der Waals surface area contributed by atoms with Crippen LogP contribution in [0.4, 0.5) is 5.82 Å². The van der Waals surface area contributed by atoms with E-state index in [2.05, 4.69) is 68.9 Å². The van der Waals surface area contributed by atoms with Gasteiger partial charge in [-0.3, -0.25) is 14.4 Å². The van der Waals surface area contributed by atoms with Crippen LogP contribution < -0.4 is 30.7 Å². The van der Waals surface area contributed by atoms with Crippen molar-refractivity contribution in [1.29, 1.82) is 0 Å². The zero-order valence-electron chi connectivity index (χ0n) is 41.0. The van der Waals surface area contributed by atoms with Crippen molar-refractivity contribution in [2.24, 2.45) is 5.41 Å². The van der Waals surface area contributed by atoms with Crippen LogP contribution in [-0.2, 0) is 27.5 Å². The fraction of sp³-hybridized carbons (Fsp3) is 0.434. The molecule has 366 valence electrons. The number of likely N-dealkylation sites (tertiary alicyclic amines) is 1. The first kappa shape index (κ1) is 50.9. The number of carbonyl (C=O) groups excluding carboxylic acids is 3. The second kappa shape index (κ2) is 23.1. The summed E-state index contributed by atoms with van der Waals surface area (Å²) in [6, 6.07) is 20.7. The van der Waals surface area contributed by atoms with Gasteiger partial charge in [0.25, 0.3) is 0 Å². The van der Waals surface area contributed by atoms with Gasteiger partial charge in [-0.1, -0.05) is 82.1 Å². The van der Waals surface area contributed by atoms with E-state index in [-0.39, 0.29) is 49.7 Å². The molecule has 0 unspecified atom stereocenters. The second-order valence-corrected chi connectivity index (χ2v) is 20.7. The molecule has 0 radical (unpaired) electrons. The molecule has 7 rings (SSSR count). The molecule has 3 amide bonds. The molecule has 0 aliphatic carbocycles. The molecule has 69 heavy (non-hydrogen) atoms. The molecule has 14 nitrogen and oxygen atoms in total. The summed E-state index contributed by atoms with van der Waals surface area (Å²) in [6.45, 7) is 13.2. The fourth-order valence-electron chi connectivity index (χ4n) is 8.72. The van der Waals surface area contributed by atoms with Crippen LogP contribution in [0.25, 0.3) is 32.5 Å². The minimum Gasteiger partial charge on any atom is -0.493 e. The highest BCUT2D eigenvalue weighted by molar-refractivity contribution is 7.13. The lowest BCUT2D eigenvalue weighted by Crippen LogP contribution is -2.57. The molecule has 4 heterocycles. The minimum atomic E-state index is -0.882. The van der Waals surface area contributed by atoms with E-state index in [1.165, 1.54) is 26.5 Å². The van der Waals surface area contributed by atoms with Gasteiger partial charge in [0, 0.05) is 48.8 Å². The number of thiazole rings is 1. The first-order chi connectivity index (χ1) is 33.1. The summed E-state index contributed by atoms with van der Waals surface area (Å²) in [5.74, 6) is 1.60. The van der Waals surface area contributed by atoms with E-state index in [0.29, 0.717) is 30.4 Å². The Morgan fingerprint density at radius 2 is 1.70 bits per heavy atom. The van der Waals surface area contributed by atoms with Gasteiger partial charge in [0.15, 0.2) is 11.5 Å². The largest absolute Gasteiger partial charge is 0.493 e. The van der Waals surface area contributed by atoms with Crippen molar-refractivity contribution in [2.75, 3.05) is 32.6 Å². The van der Waals surface area contributed by atoms with Gasteiger partial charge in [0.05, 0.1) is 47.5 Å². The average molecular weight is 975 g/mol. The molecule has 5 N–H and O–H groups in total. The number of thiophene rings is 1. The zero-order chi connectivity index (χ0) is 49.2. The highest BCUT2D eigenvalue weighted by Gasteiger charge is 2.44. The van der Waals surface area contributed by atoms with E-state index in [9.17, 15) is 19.5 Å². The topological polar surface area (TPSA) is 180 Å². The van der Waals surface area contributed by atoms with Crippen molar-refractivity contribution in [2.45, 2.75) is 117 Å². The van der Waals surface area contributed by atoms with Crippen LogP contribution in [0.5, 0.6) is 11.5 Å². The lowest BCUT2D eigenvalue weighted by Gasteiger charge is -2.35. The van der Waals surface area contributed by atoms with E-state index >= 15 is 0 Å². The van der Waals surface area contributed by atoms with Crippen LogP contribution in [0.2, 0.25) is 0 Å². The number of unbranched alkanes of at least 4 members (excludes halogenated alkanes) is 3. The standard InChI is InChI=1S/C53H66N8O6S2/c1-32(46-23-38(30-68-46)40-16-13-12-15-37(40)28-54-7)57-50-41-25-45(44(66-8)26-42(41)58-34(3)59-50)67-22-14-10-9-11-17-47(63)60-49(53(4,5)6)52(65)61-29-39(62)24-43(61)51(64)55-27-35-18-20-36(21-19-35)48-33(2)56-31-69-48/h12-13,15-16,18-21,23,25-26,30-32,39,43,49,54,62H,9-11,14,17,22,24,27-29H2,1-8H3,(H,55,64)(H,60,63)(H,57,58,59)/t32-,39-,43+,49-/m1/s1. The summed E-state index contributed by atoms with van der Waals surface area (Å²) in [5, 5.41) is 26.5. The Labute approximate surface area is 413 Å². The minimum absolute atomic E-state index is 0.0174. The van der Waals surface area contributed by atoms with Crippen molar-refractivity contribution in [3.63, 3.8) is 0 Å². The number of aromatic nitrogens is 3. The van der Waals surface area contributed by atoms with Gasteiger partial charge in [0.2, 0.25) is 17.7 Å². The van der Waals surface area contributed by atoms with Gasteiger partial charge in [-0.25, -0.2) is 15.0 Å². The molecule has 1 fully saturated rings. The maximum Gasteiger partial charge on any atom is 0.246 e. The highest BCUT2D eigenvalue weighted by Crippen LogP contribution is 2.38. The average Bonchev–Trinajstić information content (AvgIpc) is 4.10. The smallest absolute Gasteiger partial charge is 0.246 e. The second-order valence-electron chi connectivity index (χ2n) is 18.9. The van der Waals surface area contributed by atoms with E-state index in [1.54, 1.807) is 29.8 Å². The van der Waals surface area contributed by atoms with Gasteiger partial charge >= 0.3 is 0 Å². The van der Waals surface area contributed by atoms with Crippen molar-refractivity contribution in [3.05, 3.63) is 105 Å². The highest BCUT2D eigenvalue weighted by atomic mass is 32.1. The number of ether oxygens (including phenoxy) is 2. The Morgan fingerprint density at radius 1 is 0.928 bits per heavy atom. The predicted molar refractivity (Wildman–Crippen MR) is 276 cm³/mol. The van der Waals surface area contributed by atoms with Crippen molar-refractivity contribution in [3.8, 4) is 33.1 Å². The summed E-state index contributed by atoms with van der Waals surface area (Å²) < 4.78 is 12.0. The van der Waals surface area contributed by atoms with Crippen LogP contribution >= 0.6 is 22.7 Å². The Kier molecular flexibility index (Phi) is 17.1. The molecule has 16 heteroatoms. The molecule has 1 aliphatic heterocycles. The van der Waals surface area contributed by atoms with Gasteiger partial charge in [-0.2, -0.15) is 0 Å². The number of rotatable bonds is 21. The van der Waals surface area contributed by atoms with E-state index in [1.807, 2.05) is 83.6 Å². The Hall–Kier alpha value is -5.94. The number of β-amino-alcohol motifs (C(OH)–C–C–N with tert-alkyl or cyclic N) is 1. The van der Waals surface area contributed by atoms with Crippen LogP contribution in [-0.4, -0.2) is 88.2 Å². The number of fused-ring (bicyclic) bond motifs is 1. The summed E-state index contributed by atoms with van der Waals surface area (Å²) in [7, 11) is 3.58. The summed E-state index contributed by atoms with van der Waals surface area (Å²) >= 11 is 3.30. The Balaban J connectivity index is 0.885. The molecule has 0 bridgehead atoms. The Morgan fingerprint density at radius 3 is 2.42 bits per heavy atom. The third-order valence-corrected chi connectivity index (χ3v) is 14.5. The lowest BCUT2D eigenvalue weighted by molar-refractivity contribution is -0.144. The van der Waals surface area contributed by atoms with Gasteiger partial charge in [-0.15, -0.1) is 22.7 Å². The summed E-state index contributed by atoms with van der Waals surface area (Å²) in [5.41, 5.74) is 8.54. The van der Waals surface area contributed by atoms with Gasteiger partial charge in [-0.05, 0) is 91.4 Å². The molecular weight excluding hydrogens is 909 g/mol. The number of nitrogens with zero attached hydrogens (tertiary/aromatic N) is 4. The van der Waals surface area contributed by atoms with Crippen molar-refractivity contribution in [1.82, 2.24) is 35.8 Å². The lowest BCUT2D eigenvalue weighted by atomic mass is 9.85. The molecule has 1 aliphatic rings. The van der Waals surface area contributed by atoms with E-state index in [4.69, 9.17) is 19.4 Å². The first-order valence-corrected chi connectivity index (χ1v) is 25.5. The number of anilines is 1. The third kappa shape index (κ3) is 12.8. The van der Waals surface area contributed by atoms with Crippen LogP contribution in [0.3, 0.4) is 0 Å². The summed E-state index contributed by atoms with van der Waals surface area (Å²) in [6.07, 6.45) is 2.54. The van der Waals surface area contributed by atoms with Crippen LogP contribution in [0.15, 0.2) is 77.6 Å². The van der Waals surface area contributed by atoms with Crippen molar-refractivity contribution < 1.29 is 29.0 Å². The monoisotopic (exact) mass is 974 g/mol. The number of carbonyl (C=O) groups is 3. The van der Waals surface area contributed by atoms with Gasteiger partial charge in [0.1, 0.15) is 23.7 Å². The van der Waals surface area contributed by atoms with Gasteiger partial charge < -0.3 is 40.7 Å². The zero-order valence-corrected chi connectivity index (χ0v) is 42.6. The number of aryl methyl sites for hydroxylation is 2. The Bertz CT molecular complexity index is 2710. The molecule has 0 spiro atoms. The number of amides is 3.